The molecule has 0 spiro atoms. The highest BCUT2D eigenvalue weighted by molar-refractivity contribution is 7.12. The number of carbonyl (C=O) groups excluding carboxylic acids is 1. The number of amides is 1. The van der Waals surface area contributed by atoms with Crippen LogP contribution in [0.3, 0.4) is 0 Å². The fraction of sp³-hybridized carbons (Fsp3) is 0.333. The molecule has 1 aliphatic heterocycles. The predicted octanol–water partition coefficient (Wildman–Crippen LogP) is 5.85. The molecule has 0 radical (unpaired) electrons. The molecule has 10 heteroatoms. The molecule has 1 amide bonds. The molecule has 162 valence electrons. The molecule has 1 fully saturated rings. The van der Waals surface area contributed by atoms with Gasteiger partial charge in [-0.15, -0.1) is 22.7 Å². The number of rotatable bonds is 6. The highest BCUT2D eigenvalue weighted by Crippen LogP contribution is 2.36. The van der Waals surface area contributed by atoms with Gasteiger partial charge >= 0.3 is 0 Å². The van der Waals surface area contributed by atoms with Crippen LogP contribution in [0.15, 0.2) is 35.0 Å². The summed E-state index contributed by atoms with van der Waals surface area (Å²) >= 11 is 8.87. The number of likely N-dealkylation sites (tertiary alicyclic amines) is 1. The maximum Gasteiger partial charge on any atom is 0.288 e. The summed E-state index contributed by atoms with van der Waals surface area (Å²) in [5, 5.41) is 16.0. The van der Waals surface area contributed by atoms with Gasteiger partial charge in [-0.2, -0.15) is 0 Å². The third-order valence-electron chi connectivity index (χ3n) is 5.22. The molecule has 2 aromatic heterocycles. The molecule has 3 heterocycles. The lowest BCUT2D eigenvalue weighted by atomic mass is 9.97. The average Bonchev–Trinajstić information content (AvgIpc) is 3.44. The number of piperidine rings is 1. The number of thiazole rings is 1. The number of nitro groups is 1. The summed E-state index contributed by atoms with van der Waals surface area (Å²) in [5.74, 6) is 0.936. The van der Waals surface area contributed by atoms with Crippen molar-refractivity contribution in [1.82, 2.24) is 9.88 Å². The molecule has 1 aliphatic rings. The summed E-state index contributed by atoms with van der Waals surface area (Å²) in [5.41, 5.74) is 1.26. The quantitative estimate of drug-likeness (QED) is 0.328. The first-order valence-electron chi connectivity index (χ1n) is 9.87. The van der Waals surface area contributed by atoms with Crippen LogP contribution in [0.5, 0.6) is 5.75 Å². The first-order valence-corrected chi connectivity index (χ1v) is 12.0. The van der Waals surface area contributed by atoms with Gasteiger partial charge in [0.2, 0.25) is 0 Å². The maximum atomic E-state index is 12.9. The molecule has 0 bridgehead atoms. The molecular formula is C21H20ClN3O4S2. The standard InChI is InChI=1S/C21H20ClN3O4S2/c1-2-29-18-7-10-30-19(18)21(26)24-8-5-13(6-9-24)20-23-16(12-31-20)14-3-4-15(22)17(11-14)25(27)28/h3-4,7,10-13H,2,5-6,8-9H2,1H3. The zero-order chi connectivity index (χ0) is 22.0. The van der Waals surface area contributed by atoms with Crippen LogP contribution in [0.25, 0.3) is 11.3 Å². The second kappa shape index (κ2) is 9.33. The minimum atomic E-state index is -0.490. The Bertz CT molecular complexity index is 1110. The van der Waals surface area contributed by atoms with Gasteiger partial charge < -0.3 is 9.64 Å². The van der Waals surface area contributed by atoms with Gasteiger partial charge in [-0.3, -0.25) is 14.9 Å². The van der Waals surface area contributed by atoms with Crippen molar-refractivity contribution in [3.05, 3.63) is 60.0 Å². The predicted molar refractivity (Wildman–Crippen MR) is 123 cm³/mol. The lowest BCUT2D eigenvalue weighted by Crippen LogP contribution is -2.37. The van der Waals surface area contributed by atoms with Crippen LogP contribution in [0.1, 0.15) is 40.4 Å². The summed E-state index contributed by atoms with van der Waals surface area (Å²) in [7, 11) is 0. The van der Waals surface area contributed by atoms with E-state index in [1.54, 1.807) is 17.4 Å². The van der Waals surface area contributed by atoms with Gasteiger partial charge in [-0.25, -0.2) is 4.98 Å². The molecule has 0 N–H and O–H groups in total. The smallest absolute Gasteiger partial charge is 0.288 e. The number of halogens is 1. The second-order valence-electron chi connectivity index (χ2n) is 7.11. The van der Waals surface area contributed by atoms with Crippen molar-refractivity contribution >= 4 is 45.9 Å². The number of ether oxygens (including phenoxy) is 1. The molecular weight excluding hydrogens is 458 g/mol. The molecule has 0 saturated carbocycles. The van der Waals surface area contributed by atoms with Gasteiger partial charge in [-0.05, 0) is 37.3 Å². The van der Waals surface area contributed by atoms with Crippen molar-refractivity contribution in [3.63, 3.8) is 0 Å². The molecule has 0 atom stereocenters. The van der Waals surface area contributed by atoms with E-state index in [4.69, 9.17) is 21.3 Å². The highest BCUT2D eigenvalue weighted by Gasteiger charge is 2.28. The average molecular weight is 478 g/mol. The van der Waals surface area contributed by atoms with Crippen LogP contribution in [-0.4, -0.2) is 40.4 Å². The number of benzene rings is 1. The molecule has 4 rings (SSSR count). The van der Waals surface area contributed by atoms with Crippen LogP contribution < -0.4 is 4.74 Å². The maximum absolute atomic E-state index is 12.9. The third kappa shape index (κ3) is 4.58. The number of carbonyl (C=O) groups is 1. The molecule has 31 heavy (non-hydrogen) atoms. The Balaban J connectivity index is 1.43. The lowest BCUT2D eigenvalue weighted by Gasteiger charge is -2.31. The summed E-state index contributed by atoms with van der Waals surface area (Å²) in [6.07, 6.45) is 1.66. The normalized spacial score (nSPS) is 14.6. The summed E-state index contributed by atoms with van der Waals surface area (Å²) in [6, 6.07) is 6.57. The Morgan fingerprint density at radius 3 is 2.81 bits per heavy atom. The van der Waals surface area contributed by atoms with Crippen molar-refractivity contribution in [3.8, 4) is 17.0 Å². The number of nitrogens with zero attached hydrogens (tertiary/aromatic N) is 3. The van der Waals surface area contributed by atoms with E-state index < -0.39 is 4.92 Å². The Labute approximate surface area is 192 Å². The summed E-state index contributed by atoms with van der Waals surface area (Å²) in [6.45, 7) is 3.76. The number of thiophene rings is 1. The van der Waals surface area contributed by atoms with Crippen molar-refractivity contribution in [2.24, 2.45) is 0 Å². The number of nitro benzene ring substituents is 1. The van der Waals surface area contributed by atoms with Crippen LogP contribution in [-0.2, 0) is 0 Å². The first-order chi connectivity index (χ1) is 15.0. The van der Waals surface area contributed by atoms with Gasteiger partial charge in [0.25, 0.3) is 11.6 Å². The number of hydrogen-bond acceptors (Lipinski definition) is 7. The summed E-state index contributed by atoms with van der Waals surface area (Å²) < 4.78 is 5.56. The topological polar surface area (TPSA) is 85.6 Å². The Morgan fingerprint density at radius 1 is 1.32 bits per heavy atom. The van der Waals surface area contributed by atoms with Crippen molar-refractivity contribution in [2.75, 3.05) is 19.7 Å². The fourth-order valence-electron chi connectivity index (χ4n) is 3.62. The van der Waals surface area contributed by atoms with E-state index in [1.807, 2.05) is 28.7 Å². The highest BCUT2D eigenvalue weighted by atomic mass is 35.5. The van der Waals surface area contributed by atoms with Crippen LogP contribution in [0.2, 0.25) is 5.02 Å². The van der Waals surface area contributed by atoms with Crippen LogP contribution in [0, 0.1) is 10.1 Å². The van der Waals surface area contributed by atoms with E-state index >= 15 is 0 Å². The zero-order valence-corrected chi connectivity index (χ0v) is 19.1. The van der Waals surface area contributed by atoms with Gasteiger partial charge in [-0.1, -0.05) is 17.7 Å². The third-order valence-corrected chi connectivity index (χ3v) is 7.43. The van der Waals surface area contributed by atoms with Crippen LogP contribution >= 0.6 is 34.3 Å². The van der Waals surface area contributed by atoms with Gasteiger partial charge in [0.05, 0.1) is 22.2 Å². The SMILES string of the molecule is CCOc1ccsc1C(=O)N1CCC(c2nc(-c3ccc(Cl)c([N+](=O)[O-])c3)cs2)CC1. The fourth-order valence-corrected chi connectivity index (χ4v) is 5.60. The van der Waals surface area contributed by atoms with Crippen molar-refractivity contribution in [2.45, 2.75) is 25.7 Å². The Hall–Kier alpha value is -2.49. The van der Waals surface area contributed by atoms with E-state index in [9.17, 15) is 14.9 Å². The van der Waals surface area contributed by atoms with E-state index in [0.29, 0.717) is 41.6 Å². The molecule has 0 aliphatic carbocycles. The Kier molecular flexibility index (Phi) is 6.54. The van der Waals surface area contributed by atoms with E-state index in [1.165, 1.54) is 23.5 Å². The molecule has 0 unspecified atom stereocenters. The minimum absolute atomic E-state index is 0.0187. The van der Waals surface area contributed by atoms with Crippen molar-refractivity contribution < 1.29 is 14.5 Å². The zero-order valence-electron chi connectivity index (χ0n) is 16.7. The Morgan fingerprint density at radius 2 is 2.10 bits per heavy atom. The van der Waals surface area contributed by atoms with Crippen LogP contribution in [0.4, 0.5) is 5.69 Å². The molecule has 1 aromatic carbocycles. The van der Waals surface area contributed by atoms with E-state index in [2.05, 4.69) is 0 Å². The lowest BCUT2D eigenvalue weighted by molar-refractivity contribution is -0.384. The first kappa shape index (κ1) is 21.7. The van der Waals surface area contributed by atoms with E-state index in [0.717, 1.165) is 17.8 Å². The number of aromatic nitrogens is 1. The summed E-state index contributed by atoms with van der Waals surface area (Å²) in [4.78, 5) is 30.8. The van der Waals surface area contributed by atoms with Gasteiger partial charge in [0.1, 0.15) is 15.6 Å². The molecule has 3 aromatic rings. The molecule has 7 nitrogen and oxygen atoms in total. The van der Waals surface area contributed by atoms with Crippen molar-refractivity contribution in [1.29, 1.82) is 0 Å². The molecule has 1 saturated heterocycles. The largest absolute Gasteiger partial charge is 0.492 e. The van der Waals surface area contributed by atoms with E-state index in [-0.39, 0.29) is 22.5 Å². The monoisotopic (exact) mass is 477 g/mol. The number of hydrogen-bond donors (Lipinski definition) is 0. The van der Waals surface area contributed by atoms with Gasteiger partial charge in [0.15, 0.2) is 0 Å². The minimum Gasteiger partial charge on any atom is -0.492 e. The second-order valence-corrected chi connectivity index (χ2v) is 9.32. The van der Waals surface area contributed by atoms with Gasteiger partial charge in [0, 0.05) is 36.0 Å².